The van der Waals surface area contributed by atoms with Crippen LogP contribution in [0.15, 0.2) is 36.9 Å². The smallest absolute Gasteiger partial charge is 0.333 e. The van der Waals surface area contributed by atoms with Crippen molar-refractivity contribution >= 4 is 21.5 Å². The van der Waals surface area contributed by atoms with E-state index in [-0.39, 0.29) is 0 Å². The topological polar surface area (TPSA) is 172 Å². The van der Waals surface area contributed by atoms with Gasteiger partial charge < -0.3 is 19.7 Å². The van der Waals surface area contributed by atoms with Crippen LogP contribution in [0.4, 0.5) is 0 Å². The number of benzene rings is 1. The molecule has 2 aromatic heterocycles. The molecule has 1 aliphatic rings. The van der Waals surface area contributed by atoms with Crippen LogP contribution in [0.25, 0.3) is 11.2 Å². The van der Waals surface area contributed by atoms with E-state index in [1.807, 2.05) is 0 Å². The normalized spacial score (nSPS) is 23.1. The van der Waals surface area contributed by atoms with Crippen molar-refractivity contribution in [3.63, 3.8) is 0 Å². The predicted octanol–water partition coefficient (Wildman–Crippen LogP) is -0.926. The lowest BCUT2D eigenvalue weighted by atomic mass is 10.1. The Bertz CT molecular complexity index is 1280. The zero-order valence-corrected chi connectivity index (χ0v) is 17.5. The molecule has 12 nitrogen and oxygen atoms in total. The monoisotopic (exact) mass is 461 g/mol. The Kier molecular flexibility index (Phi) is 6.07. The highest BCUT2D eigenvalue weighted by atomic mass is 32.2. The number of nitrogens with zero attached hydrogens (tertiary/aromatic N) is 4. The van der Waals surface area contributed by atoms with Crippen molar-refractivity contribution in [3.8, 4) is 17.6 Å². The van der Waals surface area contributed by atoms with Crippen molar-refractivity contribution in [1.29, 1.82) is 0 Å². The SMILES string of the molecule is COc1ccc(C#Cc2ncnc3c2ncn3[C@@H]2O[C@H](COS(N)(=O)=O)[C@@H](O)[C@H]2O)cc1. The van der Waals surface area contributed by atoms with E-state index < -0.39 is 41.5 Å². The van der Waals surface area contributed by atoms with E-state index in [0.717, 1.165) is 5.56 Å². The molecule has 0 aliphatic carbocycles. The number of rotatable bonds is 5. The average molecular weight is 461 g/mol. The molecule has 168 valence electrons. The van der Waals surface area contributed by atoms with Gasteiger partial charge in [-0.1, -0.05) is 5.92 Å². The Labute approximate surface area is 182 Å². The highest BCUT2D eigenvalue weighted by Gasteiger charge is 2.44. The van der Waals surface area contributed by atoms with Crippen LogP contribution in [0.3, 0.4) is 0 Å². The van der Waals surface area contributed by atoms with Gasteiger partial charge in [0.05, 0.1) is 20.0 Å². The summed E-state index contributed by atoms with van der Waals surface area (Å²) in [5.74, 6) is 6.64. The van der Waals surface area contributed by atoms with Crippen molar-refractivity contribution in [2.45, 2.75) is 24.5 Å². The van der Waals surface area contributed by atoms with E-state index in [1.165, 1.54) is 17.2 Å². The summed E-state index contributed by atoms with van der Waals surface area (Å²) in [6, 6.07) is 7.18. The zero-order chi connectivity index (χ0) is 22.9. The van der Waals surface area contributed by atoms with Crippen LogP contribution in [0, 0.1) is 11.8 Å². The van der Waals surface area contributed by atoms with Crippen molar-refractivity contribution in [2.75, 3.05) is 13.7 Å². The summed E-state index contributed by atoms with van der Waals surface area (Å²) >= 11 is 0. The highest BCUT2D eigenvalue weighted by molar-refractivity contribution is 7.84. The second-order valence-corrected chi connectivity index (χ2v) is 8.07. The summed E-state index contributed by atoms with van der Waals surface area (Å²) in [5.41, 5.74) is 1.77. The molecule has 1 aliphatic heterocycles. The number of fused-ring (bicyclic) bond motifs is 1. The number of nitrogens with two attached hydrogens (primary N) is 1. The van der Waals surface area contributed by atoms with Crippen molar-refractivity contribution in [3.05, 3.63) is 48.2 Å². The second-order valence-electron chi connectivity index (χ2n) is 6.85. The molecule has 0 bridgehead atoms. The maximum absolute atomic E-state index is 11.0. The first-order chi connectivity index (χ1) is 15.3. The van der Waals surface area contributed by atoms with Gasteiger partial charge in [-0.05, 0) is 30.2 Å². The summed E-state index contributed by atoms with van der Waals surface area (Å²) in [6.07, 6.45) is -2.40. The molecule has 3 heterocycles. The van der Waals surface area contributed by atoms with Crippen LogP contribution in [-0.2, 0) is 19.2 Å². The lowest BCUT2D eigenvalue weighted by Gasteiger charge is -2.16. The number of hydrogen-bond donors (Lipinski definition) is 3. The third-order valence-corrected chi connectivity index (χ3v) is 5.25. The largest absolute Gasteiger partial charge is 0.497 e. The van der Waals surface area contributed by atoms with Gasteiger partial charge in [-0.3, -0.25) is 8.75 Å². The minimum atomic E-state index is -4.23. The van der Waals surface area contributed by atoms with Gasteiger partial charge >= 0.3 is 10.3 Å². The molecular weight excluding hydrogens is 442 g/mol. The van der Waals surface area contributed by atoms with E-state index >= 15 is 0 Å². The molecule has 0 radical (unpaired) electrons. The Balaban J connectivity index is 1.60. The number of hydrogen-bond acceptors (Lipinski definition) is 10. The highest BCUT2D eigenvalue weighted by Crippen LogP contribution is 2.31. The third kappa shape index (κ3) is 4.55. The molecule has 4 rings (SSSR count). The number of aliphatic hydroxyl groups is 2. The van der Waals surface area contributed by atoms with Crippen LogP contribution in [0.2, 0.25) is 0 Å². The Morgan fingerprint density at radius 3 is 2.59 bits per heavy atom. The summed E-state index contributed by atoms with van der Waals surface area (Å²) in [4.78, 5) is 12.6. The molecule has 0 spiro atoms. The van der Waals surface area contributed by atoms with Crippen LogP contribution >= 0.6 is 0 Å². The van der Waals surface area contributed by atoms with E-state index in [0.29, 0.717) is 22.6 Å². The average Bonchev–Trinajstić information content (AvgIpc) is 3.32. The molecule has 32 heavy (non-hydrogen) atoms. The first-order valence-corrected chi connectivity index (χ1v) is 10.8. The lowest BCUT2D eigenvalue weighted by Crippen LogP contribution is -2.35. The van der Waals surface area contributed by atoms with Gasteiger partial charge in [0, 0.05) is 5.56 Å². The standard InChI is InChI=1S/C19H19N5O7S/c1-29-12-5-2-11(3-6-12)4-7-13-15-18(22-9-21-13)24(10-23-15)19-17(26)16(25)14(31-19)8-30-32(20,27)28/h2-3,5-6,9-10,14,16-17,19,25-26H,8H2,1H3,(H2,20,27,28)/t14-,16-,17-,19-/m1/s1. The molecular formula is C19H19N5O7S. The van der Waals surface area contributed by atoms with E-state index in [2.05, 4.69) is 31.0 Å². The minimum Gasteiger partial charge on any atom is -0.497 e. The van der Waals surface area contributed by atoms with E-state index in [1.54, 1.807) is 31.4 Å². The minimum absolute atomic E-state index is 0.309. The molecule has 0 unspecified atom stereocenters. The van der Waals surface area contributed by atoms with Gasteiger partial charge in [0.25, 0.3) is 0 Å². The fraction of sp³-hybridized carbons (Fsp3) is 0.316. The maximum atomic E-state index is 11.0. The third-order valence-electron chi connectivity index (χ3n) is 4.78. The molecule has 1 fully saturated rings. The Morgan fingerprint density at radius 2 is 1.91 bits per heavy atom. The number of ether oxygens (including phenoxy) is 2. The predicted molar refractivity (Wildman–Crippen MR) is 109 cm³/mol. The number of methoxy groups -OCH3 is 1. The Hall–Kier alpha value is -3.12. The fourth-order valence-corrected chi connectivity index (χ4v) is 3.52. The van der Waals surface area contributed by atoms with Crippen molar-refractivity contribution in [1.82, 2.24) is 19.5 Å². The molecule has 4 N–H and O–H groups in total. The molecule has 13 heteroatoms. The van der Waals surface area contributed by atoms with E-state index in [9.17, 15) is 18.6 Å². The van der Waals surface area contributed by atoms with Gasteiger partial charge in [0.1, 0.15) is 41.6 Å². The van der Waals surface area contributed by atoms with Crippen molar-refractivity contribution < 1.29 is 32.3 Å². The number of aliphatic hydroxyl groups excluding tert-OH is 2. The fourth-order valence-electron chi connectivity index (χ4n) is 3.19. The molecule has 1 aromatic carbocycles. The van der Waals surface area contributed by atoms with Gasteiger partial charge in [-0.15, -0.1) is 0 Å². The number of imidazole rings is 1. The maximum Gasteiger partial charge on any atom is 0.333 e. The molecule has 0 amide bonds. The van der Waals surface area contributed by atoms with E-state index in [4.69, 9.17) is 14.6 Å². The molecule has 4 atom stereocenters. The first-order valence-electron chi connectivity index (χ1n) is 9.29. The van der Waals surface area contributed by atoms with Gasteiger partial charge in [0.2, 0.25) is 0 Å². The molecule has 1 saturated heterocycles. The first kappa shape index (κ1) is 22.1. The summed E-state index contributed by atoms with van der Waals surface area (Å²) < 4.78 is 38.6. The zero-order valence-electron chi connectivity index (χ0n) is 16.7. The second kappa shape index (κ2) is 8.79. The van der Waals surface area contributed by atoms with Crippen LogP contribution < -0.4 is 9.88 Å². The van der Waals surface area contributed by atoms with Crippen molar-refractivity contribution in [2.24, 2.45) is 5.14 Å². The molecule has 0 saturated carbocycles. The summed E-state index contributed by atoms with van der Waals surface area (Å²) in [6.45, 7) is -0.562. The van der Waals surface area contributed by atoms with Crippen LogP contribution in [0.1, 0.15) is 17.5 Å². The van der Waals surface area contributed by atoms with Gasteiger partial charge in [-0.2, -0.15) is 8.42 Å². The van der Waals surface area contributed by atoms with Crippen LogP contribution in [0.5, 0.6) is 5.75 Å². The number of aromatic nitrogens is 4. The van der Waals surface area contributed by atoms with Gasteiger partial charge in [-0.25, -0.2) is 20.1 Å². The molecule has 3 aromatic rings. The summed E-state index contributed by atoms with van der Waals surface area (Å²) in [7, 11) is -2.65. The quantitative estimate of drug-likeness (QED) is 0.403. The van der Waals surface area contributed by atoms with Gasteiger partial charge in [0.15, 0.2) is 11.9 Å². The Morgan fingerprint density at radius 1 is 1.16 bits per heavy atom. The summed E-state index contributed by atoms with van der Waals surface area (Å²) in [5, 5.41) is 25.4. The van der Waals surface area contributed by atoms with Crippen LogP contribution in [-0.4, -0.2) is 70.2 Å². The lowest BCUT2D eigenvalue weighted by molar-refractivity contribution is -0.0467.